The molecule has 4 aromatic rings. The van der Waals surface area contributed by atoms with Crippen molar-refractivity contribution >= 4 is 38.2 Å². The summed E-state index contributed by atoms with van der Waals surface area (Å²) in [4.78, 5) is 11.5. The number of aryl methyl sites for hydroxylation is 1. The summed E-state index contributed by atoms with van der Waals surface area (Å²) in [5, 5.41) is 18.9. The molecule has 3 nitrogen and oxygen atoms in total. The summed E-state index contributed by atoms with van der Waals surface area (Å²) in [5.41, 5.74) is 1.28. The molecule has 0 aromatic heterocycles. The average Bonchev–Trinajstić information content (AvgIpc) is 2.61. The molecule has 0 aliphatic rings. The normalized spacial score (nSPS) is 11.5. The van der Waals surface area contributed by atoms with Gasteiger partial charge in [0.15, 0.2) is 0 Å². The maximum absolute atomic E-state index is 11.5. The molecular weight excluding hydrogens is 298 g/mol. The third kappa shape index (κ3) is 2.47. The first-order chi connectivity index (χ1) is 11.8. The lowest BCUT2D eigenvalue weighted by Gasteiger charge is -2.13. The number of rotatable bonds is 5. The van der Waals surface area contributed by atoms with Crippen LogP contribution in [0.5, 0.6) is 0 Å². The zero-order valence-corrected chi connectivity index (χ0v) is 13.4. The standard InChI is InChI=1S/C21H19NO2/c23-13-22-19(24)6-2-3-14-7-8-17-10-9-15-4-1-5-16-11-12-18(14)21(17)20(15)16/h1,4-5,7-12,23H,2-3,6,13H2,(H,22,24). The van der Waals surface area contributed by atoms with Crippen molar-refractivity contribution in [2.24, 2.45) is 0 Å². The number of hydrogen-bond acceptors (Lipinski definition) is 2. The monoisotopic (exact) mass is 317 g/mol. The van der Waals surface area contributed by atoms with Crippen LogP contribution in [0.2, 0.25) is 0 Å². The number of carbonyl (C=O) groups excluding carboxylic acids is 1. The molecule has 0 spiro atoms. The summed E-state index contributed by atoms with van der Waals surface area (Å²) in [6, 6.07) is 19.5. The first-order valence-corrected chi connectivity index (χ1v) is 8.31. The maximum atomic E-state index is 11.5. The molecule has 0 unspecified atom stereocenters. The summed E-state index contributed by atoms with van der Waals surface area (Å²) in [7, 11) is 0. The molecule has 4 rings (SSSR count). The number of carbonyl (C=O) groups is 1. The van der Waals surface area contributed by atoms with E-state index >= 15 is 0 Å². The molecule has 24 heavy (non-hydrogen) atoms. The molecule has 3 heteroatoms. The van der Waals surface area contributed by atoms with Gasteiger partial charge in [-0.15, -0.1) is 0 Å². The van der Waals surface area contributed by atoms with Gasteiger partial charge in [0.05, 0.1) is 0 Å². The minimum absolute atomic E-state index is 0.102. The van der Waals surface area contributed by atoms with E-state index in [-0.39, 0.29) is 12.6 Å². The van der Waals surface area contributed by atoms with E-state index < -0.39 is 0 Å². The minimum Gasteiger partial charge on any atom is -0.377 e. The number of aliphatic hydroxyl groups excluding tert-OH is 1. The van der Waals surface area contributed by atoms with Crippen molar-refractivity contribution in [3.05, 3.63) is 60.2 Å². The first kappa shape index (κ1) is 14.9. The second-order valence-corrected chi connectivity index (χ2v) is 6.19. The average molecular weight is 317 g/mol. The minimum atomic E-state index is -0.294. The van der Waals surface area contributed by atoms with Gasteiger partial charge < -0.3 is 10.4 Å². The maximum Gasteiger partial charge on any atom is 0.221 e. The number of amides is 1. The fourth-order valence-corrected chi connectivity index (χ4v) is 3.63. The lowest BCUT2D eigenvalue weighted by Crippen LogP contribution is -2.23. The third-order valence-electron chi connectivity index (χ3n) is 4.75. The van der Waals surface area contributed by atoms with Gasteiger partial charge in [-0.25, -0.2) is 0 Å². The Hall–Kier alpha value is -2.65. The zero-order chi connectivity index (χ0) is 16.5. The molecule has 2 N–H and O–H groups in total. The molecule has 0 radical (unpaired) electrons. The van der Waals surface area contributed by atoms with Crippen molar-refractivity contribution in [2.75, 3.05) is 6.73 Å². The second kappa shape index (κ2) is 6.10. The molecule has 0 aliphatic heterocycles. The molecule has 1 amide bonds. The lowest BCUT2D eigenvalue weighted by molar-refractivity contribution is -0.122. The van der Waals surface area contributed by atoms with Crippen LogP contribution in [0, 0.1) is 0 Å². The summed E-state index contributed by atoms with van der Waals surface area (Å²) in [6.07, 6.45) is 2.06. The van der Waals surface area contributed by atoms with E-state index in [4.69, 9.17) is 5.11 Å². The van der Waals surface area contributed by atoms with E-state index in [0.29, 0.717) is 6.42 Å². The smallest absolute Gasteiger partial charge is 0.221 e. The fourth-order valence-electron chi connectivity index (χ4n) is 3.63. The van der Waals surface area contributed by atoms with Crippen LogP contribution in [0.15, 0.2) is 54.6 Å². The number of benzene rings is 4. The van der Waals surface area contributed by atoms with Gasteiger partial charge in [-0.3, -0.25) is 4.79 Å². The van der Waals surface area contributed by atoms with Crippen LogP contribution in [0.4, 0.5) is 0 Å². The largest absolute Gasteiger partial charge is 0.377 e. The Morgan fingerprint density at radius 1 is 0.875 bits per heavy atom. The van der Waals surface area contributed by atoms with Crippen LogP contribution in [0.3, 0.4) is 0 Å². The predicted octanol–water partition coefficient (Wildman–Crippen LogP) is 3.97. The van der Waals surface area contributed by atoms with Crippen molar-refractivity contribution in [3.63, 3.8) is 0 Å². The van der Waals surface area contributed by atoms with E-state index in [0.717, 1.165) is 12.8 Å². The van der Waals surface area contributed by atoms with Gasteiger partial charge >= 0.3 is 0 Å². The van der Waals surface area contributed by atoms with Crippen LogP contribution in [0.1, 0.15) is 18.4 Å². The number of nitrogens with one attached hydrogen (secondary N) is 1. The van der Waals surface area contributed by atoms with E-state index in [1.54, 1.807) is 0 Å². The van der Waals surface area contributed by atoms with E-state index in [1.807, 2.05) is 0 Å². The Morgan fingerprint density at radius 2 is 1.54 bits per heavy atom. The van der Waals surface area contributed by atoms with Crippen LogP contribution in [-0.4, -0.2) is 17.7 Å². The van der Waals surface area contributed by atoms with Crippen molar-refractivity contribution < 1.29 is 9.90 Å². The van der Waals surface area contributed by atoms with Gasteiger partial charge in [0.25, 0.3) is 0 Å². The zero-order valence-electron chi connectivity index (χ0n) is 13.4. The Kier molecular flexibility index (Phi) is 3.79. The van der Waals surface area contributed by atoms with E-state index in [1.165, 1.54) is 37.9 Å². The Bertz CT molecular complexity index is 1010. The highest BCUT2D eigenvalue weighted by atomic mass is 16.3. The molecule has 0 fully saturated rings. The highest BCUT2D eigenvalue weighted by molar-refractivity contribution is 6.23. The van der Waals surface area contributed by atoms with Gasteiger partial charge in [-0.05, 0) is 50.7 Å². The Labute approximate surface area is 140 Å². The third-order valence-corrected chi connectivity index (χ3v) is 4.75. The summed E-state index contributed by atoms with van der Waals surface area (Å²) < 4.78 is 0. The summed E-state index contributed by atoms with van der Waals surface area (Å²) >= 11 is 0. The topological polar surface area (TPSA) is 49.3 Å². The van der Waals surface area contributed by atoms with Gasteiger partial charge in [0, 0.05) is 6.42 Å². The van der Waals surface area contributed by atoms with Gasteiger partial charge in [0.2, 0.25) is 5.91 Å². The molecule has 0 saturated heterocycles. The molecule has 0 saturated carbocycles. The predicted molar refractivity (Wildman–Crippen MR) is 98.3 cm³/mol. The Balaban J connectivity index is 1.75. The summed E-state index contributed by atoms with van der Waals surface area (Å²) in [6.45, 7) is -0.294. The van der Waals surface area contributed by atoms with Gasteiger partial charge in [0.1, 0.15) is 6.73 Å². The Morgan fingerprint density at radius 3 is 2.29 bits per heavy atom. The van der Waals surface area contributed by atoms with Crippen molar-refractivity contribution in [3.8, 4) is 0 Å². The van der Waals surface area contributed by atoms with E-state index in [9.17, 15) is 4.79 Å². The molecule has 0 atom stereocenters. The van der Waals surface area contributed by atoms with Crippen molar-refractivity contribution in [2.45, 2.75) is 19.3 Å². The highest BCUT2D eigenvalue weighted by Gasteiger charge is 2.10. The van der Waals surface area contributed by atoms with Crippen molar-refractivity contribution in [1.82, 2.24) is 5.32 Å². The highest BCUT2D eigenvalue weighted by Crippen LogP contribution is 2.36. The quantitative estimate of drug-likeness (QED) is 0.432. The van der Waals surface area contributed by atoms with Gasteiger partial charge in [-0.1, -0.05) is 54.6 Å². The lowest BCUT2D eigenvalue weighted by atomic mass is 9.90. The van der Waals surface area contributed by atoms with Crippen LogP contribution >= 0.6 is 0 Å². The van der Waals surface area contributed by atoms with Gasteiger partial charge in [-0.2, -0.15) is 0 Å². The fraction of sp³-hybridized carbons (Fsp3) is 0.190. The van der Waals surface area contributed by atoms with E-state index in [2.05, 4.69) is 59.9 Å². The van der Waals surface area contributed by atoms with Crippen LogP contribution in [0.25, 0.3) is 32.3 Å². The number of aliphatic hydroxyl groups is 1. The SMILES string of the molecule is O=C(CCCc1ccc2ccc3cccc4ccc1c2c34)NCO. The molecule has 0 heterocycles. The first-order valence-electron chi connectivity index (χ1n) is 8.31. The molecule has 120 valence electrons. The van der Waals surface area contributed by atoms with Crippen molar-refractivity contribution in [1.29, 1.82) is 0 Å². The molecule has 4 aromatic carbocycles. The van der Waals surface area contributed by atoms with Crippen LogP contribution in [-0.2, 0) is 11.2 Å². The molecule has 0 aliphatic carbocycles. The summed E-state index contributed by atoms with van der Waals surface area (Å²) in [5.74, 6) is -0.102. The second-order valence-electron chi connectivity index (χ2n) is 6.19. The number of hydrogen-bond donors (Lipinski definition) is 2. The molecule has 0 bridgehead atoms. The van der Waals surface area contributed by atoms with Crippen LogP contribution < -0.4 is 5.32 Å². The molecular formula is C21H19NO2.